The van der Waals surface area contributed by atoms with Crippen LogP contribution in [0, 0.1) is 5.41 Å². The topological polar surface area (TPSA) is 185 Å². The van der Waals surface area contributed by atoms with E-state index in [0.717, 1.165) is 21.0 Å². The van der Waals surface area contributed by atoms with Crippen LogP contribution in [0.1, 0.15) is 85.3 Å². The van der Waals surface area contributed by atoms with Crippen molar-refractivity contribution in [3.8, 4) is 0 Å². The maximum atomic E-state index is 13.3. The number of hydrogen-bond donors (Lipinski definition) is 5. The van der Waals surface area contributed by atoms with E-state index in [1.807, 2.05) is 12.1 Å². The van der Waals surface area contributed by atoms with Gasteiger partial charge >= 0.3 is 12.2 Å². The van der Waals surface area contributed by atoms with E-state index in [1.54, 1.807) is 104 Å². The zero-order chi connectivity index (χ0) is 38.5. The van der Waals surface area contributed by atoms with Crippen LogP contribution in [-0.2, 0) is 24.2 Å². The molecular weight excluding hydrogens is 675 g/mol. The van der Waals surface area contributed by atoms with Gasteiger partial charge in [-0.3, -0.25) is 24.6 Å². The van der Waals surface area contributed by atoms with Gasteiger partial charge in [-0.1, -0.05) is 44.2 Å². The Labute approximate surface area is 302 Å². The van der Waals surface area contributed by atoms with E-state index in [1.165, 1.54) is 23.2 Å². The molecule has 276 valence electrons. The third-order valence-electron chi connectivity index (χ3n) is 8.07. The Morgan fingerprint density at radius 3 is 1.80 bits per heavy atom. The van der Waals surface area contributed by atoms with Gasteiger partial charge < -0.3 is 30.6 Å². The molecule has 14 nitrogen and oxygen atoms in total. The lowest BCUT2D eigenvalue weighted by Crippen LogP contribution is -2.76. The molecule has 3 aromatic rings. The molecule has 5 amide bonds. The summed E-state index contributed by atoms with van der Waals surface area (Å²) in [7, 11) is 5.00. The minimum absolute atomic E-state index is 0.161. The first-order valence-corrected chi connectivity index (χ1v) is 17.1. The molecule has 0 fully saturated rings. The first-order valence-electron chi connectivity index (χ1n) is 16.3. The van der Waals surface area contributed by atoms with E-state index in [9.17, 15) is 34.2 Å². The second-order valence-corrected chi connectivity index (χ2v) is 15.6. The van der Waals surface area contributed by atoms with Gasteiger partial charge in [0.25, 0.3) is 11.8 Å². The largest absolute Gasteiger partial charge is 0.465 e. The zero-order valence-corrected chi connectivity index (χ0v) is 31.7. The number of nitrogens with one attached hydrogen (secondary N) is 3. The third-order valence-corrected chi connectivity index (χ3v) is 9.07. The van der Waals surface area contributed by atoms with Crippen LogP contribution in [-0.4, -0.2) is 92.3 Å². The average Bonchev–Trinajstić information content (AvgIpc) is 3.37. The van der Waals surface area contributed by atoms with Gasteiger partial charge in [0.05, 0.1) is 12.2 Å². The van der Waals surface area contributed by atoms with Gasteiger partial charge in [-0.05, 0) is 75.6 Å². The lowest BCUT2D eigenvalue weighted by molar-refractivity contribution is -0.114. The SMILES string of the molecule is CC(=O)Nc1nc(CCc2ccc(NC(NC(=O)O)(N(C(=O)O)C(C)(C)C)C(C)(C)C)cc2)c(CN(C)C(=O)c2ccc(C(=O)N(C)C)cc2)s1. The number of aromatic nitrogens is 1. The van der Waals surface area contributed by atoms with Gasteiger partial charge in [-0.15, -0.1) is 0 Å². The summed E-state index contributed by atoms with van der Waals surface area (Å²) in [5.41, 5.74) is 1.13. The molecule has 0 aliphatic heterocycles. The van der Waals surface area contributed by atoms with Crippen LogP contribution in [0.25, 0.3) is 0 Å². The van der Waals surface area contributed by atoms with Crippen LogP contribution in [0.2, 0.25) is 0 Å². The highest BCUT2D eigenvalue weighted by Gasteiger charge is 2.54. The number of aryl methyl sites for hydroxylation is 2. The predicted molar refractivity (Wildman–Crippen MR) is 197 cm³/mol. The van der Waals surface area contributed by atoms with Crippen molar-refractivity contribution in [2.45, 2.75) is 79.2 Å². The van der Waals surface area contributed by atoms with Crippen molar-refractivity contribution in [3.63, 3.8) is 0 Å². The molecule has 0 aliphatic carbocycles. The van der Waals surface area contributed by atoms with Crippen molar-refractivity contribution in [2.24, 2.45) is 5.41 Å². The van der Waals surface area contributed by atoms with E-state index in [4.69, 9.17) is 0 Å². The van der Waals surface area contributed by atoms with Gasteiger partial charge in [-0.25, -0.2) is 14.6 Å². The summed E-state index contributed by atoms with van der Waals surface area (Å²) >= 11 is 1.29. The number of hydrogen-bond acceptors (Lipinski definition) is 8. The second-order valence-electron chi connectivity index (χ2n) is 14.5. The summed E-state index contributed by atoms with van der Waals surface area (Å²) in [6.07, 6.45) is -1.64. The van der Waals surface area contributed by atoms with E-state index in [2.05, 4.69) is 20.9 Å². The van der Waals surface area contributed by atoms with Gasteiger partial charge in [0.2, 0.25) is 11.7 Å². The Bertz CT molecular complexity index is 1740. The maximum absolute atomic E-state index is 13.3. The maximum Gasteiger partial charge on any atom is 0.411 e. The predicted octanol–water partition coefficient (Wildman–Crippen LogP) is 6.02. The summed E-state index contributed by atoms with van der Waals surface area (Å²) in [6.45, 7) is 12.0. The third kappa shape index (κ3) is 9.96. The zero-order valence-electron chi connectivity index (χ0n) is 30.9. The smallest absolute Gasteiger partial charge is 0.411 e. The molecule has 0 saturated carbocycles. The fourth-order valence-corrected chi connectivity index (χ4v) is 6.70. The number of thiazole rings is 1. The number of carboxylic acid groups (broad SMARTS) is 2. The molecule has 1 unspecified atom stereocenters. The summed E-state index contributed by atoms with van der Waals surface area (Å²) in [5, 5.41) is 28.9. The highest BCUT2D eigenvalue weighted by atomic mass is 32.1. The standard InChI is InChI=1S/C36H49N7O7S/c1-22(44)37-31-38-27(28(51-31)21-42(10)30(46)25-16-14-24(15-17-25)29(45)41(8)9)20-13-23-11-18-26(19-12-23)39-36(34(2,3)4,40-32(47)48)43(33(49)50)35(5,6)7/h11-12,14-19,39-40H,13,20-21H2,1-10H3,(H,47,48)(H,49,50)(H,37,38,44). The molecule has 1 atom stereocenters. The van der Waals surface area contributed by atoms with Gasteiger partial charge in [0, 0.05) is 60.7 Å². The van der Waals surface area contributed by atoms with Crippen LogP contribution < -0.4 is 16.0 Å². The molecule has 0 aliphatic rings. The van der Waals surface area contributed by atoms with E-state index in [0.29, 0.717) is 34.8 Å². The molecule has 0 saturated heterocycles. The van der Waals surface area contributed by atoms with E-state index in [-0.39, 0.29) is 24.3 Å². The van der Waals surface area contributed by atoms with Crippen LogP contribution >= 0.6 is 11.3 Å². The average molecular weight is 724 g/mol. The molecule has 1 heterocycles. The molecule has 0 spiro atoms. The molecule has 51 heavy (non-hydrogen) atoms. The Hall–Kier alpha value is -5.18. The van der Waals surface area contributed by atoms with Crippen molar-refractivity contribution in [1.29, 1.82) is 0 Å². The number of carbonyl (C=O) groups is 5. The second kappa shape index (κ2) is 15.8. The Morgan fingerprint density at radius 1 is 0.804 bits per heavy atom. The van der Waals surface area contributed by atoms with E-state index >= 15 is 0 Å². The lowest BCUT2D eigenvalue weighted by atomic mass is 9.82. The van der Waals surface area contributed by atoms with Gasteiger partial charge in [-0.2, -0.15) is 0 Å². The van der Waals surface area contributed by atoms with Crippen molar-refractivity contribution >= 4 is 52.1 Å². The first kappa shape index (κ1) is 40.3. The van der Waals surface area contributed by atoms with Crippen LogP contribution in [0.3, 0.4) is 0 Å². The molecule has 5 N–H and O–H groups in total. The van der Waals surface area contributed by atoms with Crippen molar-refractivity contribution in [3.05, 3.63) is 75.8 Å². The van der Waals surface area contributed by atoms with Crippen molar-refractivity contribution in [1.82, 2.24) is 25.0 Å². The summed E-state index contributed by atoms with van der Waals surface area (Å²) in [6, 6.07) is 13.7. The highest BCUT2D eigenvalue weighted by molar-refractivity contribution is 7.15. The lowest BCUT2D eigenvalue weighted by Gasteiger charge is -2.55. The number of benzene rings is 2. The molecule has 3 rings (SSSR count). The molecular formula is C36H49N7O7S. The minimum Gasteiger partial charge on any atom is -0.465 e. The fraction of sp³-hybridized carbons (Fsp3) is 0.444. The normalized spacial score (nSPS) is 12.7. The number of rotatable bonds is 12. The number of carbonyl (C=O) groups excluding carboxylic acids is 3. The molecule has 15 heteroatoms. The summed E-state index contributed by atoms with van der Waals surface area (Å²) in [5.74, 6) is -2.40. The van der Waals surface area contributed by atoms with Crippen LogP contribution in [0.5, 0.6) is 0 Å². The van der Waals surface area contributed by atoms with Gasteiger partial charge in [0.1, 0.15) is 0 Å². The minimum atomic E-state index is -1.74. The quantitative estimate of drug-likeness (QED) is 0.140. The Morgan fingerprint density at radius 2 is 1.35 bits per heavy atom. The Balaban J connectivity index is 1.84. The van der Waals surface area contributed by atoms with Crippen molar-refractivity contribution < 1.29 is 34.2 Å². The molecule has 1 aromatic heterocycles. The first-order chi connectivity index (χ1) is 23.6. The van der Waals surface area contributed by atoms with Gasteiger partial charge in [0.15, 0.2) is 5.13 Å². The monoisotopic (exact) mass is 723 g/mol. The number of anilines is 2. The summed E-state index contributed by atoms with van der Waals surface area (Å²) < 4.78 is 0. The molecule has 2 aromatic carbocycles. The summed E-state index contributed by atoms with van der Waals surface area (Å²) in [4.78, 5) is 71.6. The molecule has 0 radical (unpaired) electrons. The Kier molecular flexibility index (Phi) is 12.5. The number of amides is 5. The van der Waals surface area contributed by atoms with E-state index < -0.39 is 28.9 Å². The van der Waals surface area contributed by atoms with Crippen LogP contribution in [0.15, 0.2) is 48.5 Å². The van der Waals surface area contributed by atoms with Crippen molar-refractivity contribution in [2.75, 3.05) is 31.8 Å². The fourth-order valence-electron chi connectivity index (χ4n) is 5.60. The molecule has 0 bridgehead atoms. The highest BCUT2D eigenvalue weighted by Crippen LogP contribution is 2.39. The number of nitrogens with zero attached hydrogens (tertiary/aromatic N) is 4. The van der Waals surface area contributed by atoms with Crippen LogP contribution in [0.4, 0.5) is 20.4 Å².